The molecule has 0 bridgehead atoms. The number of halogens is 3. The van der Waals surface area contributed by atoms with Crippen LogP contribution in [0.15, 0.2) is 36.4 Å². The van der Waals surface area contributed by atoms with E-state index in [1.165, 1.54) is 5.56 Å². The van der Waals surface area contributed by atoms with Crippen molar-refractivity contribution in [1.29, 1.82) is 0 Å². The summed E-state index contributed by atoms with van der Waals surface area (Å²) in [6, 6.07) is 11.3. The molecule has 4 rings (SSSR count). The molecule has 2 heterocycles. The number of hydrogen-bond acceptors (Lipinski definition) is 4. The molecule has 2 N–H and O–H groups in total. The number of alkyl halides is 3. The third-order valence-corrected chi connectivity index (χ3v) is 6.44. The molecule has 2 aliphatic rings. The van der Waals surface area contributed by atoms with Crippen LogP contribution in [-0.4, -0.2) is 34.7 Å². The Bertz CT molecular complexity index is 907. The Morgan fingerprint density at radius 1 is 1.03 bits per heavy atom. The van der Waals surface area contributed by atoms with Crippen LogP contribution in [0.2, 0.25) is 0 Å². The average Bonchev–Trinajstić information content (AvgIpc) is 3.45. The standard InChI is InChI=1S/C22H26F3N5S/c23-22(24,25)17-14-18(30-12-6-7-13-30)28-19(27-17)29-20(31)26-15-21(10-4-5-11-21)16-8-2-1-3-9-16/h1-3,8-9,14H,4-7,10-13,15H2,(H2,26,27,28,29,31). The number of nitrogens with zero attached hydrogens (tertiary/aromatic N) is 3. The van der Waals surface area contributed by atoms with Crippen molar-refractivity contribution in [2.24, 2.45) is 0 Å². The second-order valence-electron chi connectivity index (χ2n) is 8.29. The van der Waals surface area contributed by atoms with Crippen LogP contribution in [-0.2, 0) is 11.6 Å². The van der Waals surface area contributed by atoms with E-state index in [0.717, 1.165) is 44.6 Å². The lowest BCUT2D eigenvalue weighted by Crippen LogP contribution is -2.41. The number of nitrogens with one attached hydrogen (secondary N) is 2. The van der Waals surface area contributed by atoms with Gasteiger partial charge in [-0.1, -0.05) is 43.2 Å². The molecule has 31 heavy (non-hydrogen) atoms. The van der Waals surface area contributed by atoms with Crippen molar-refractivity contribution in [2.45, 2.75) is 50.1 Å². The molecule has 0 amide bonds. The van der Waals surface area contributed by atoms with E-state index >= 15 is 0 Å². The Morgan fingerprint density at radius 2 is 1.71 bits per heavy atom. The van der Waals surface area contributed by atoms with Gasteiger partial charge in [-0.3, -0.25) is 0 Å². The summed E-state index contributed by atoms with van der Waals surface area (Å²) in [4.78, 5) is 9.82. The van der Waals surface area contributed by atoms with Gasteiger partial charge in [-0.15, -0.1) is 0 Å². The number of aromatic nitrogens is 2. The predicted octanol–water partition coefficient (Wildman–Crippen LogP) is 4.89. The van der Waals surface area contributed by atoms with Crippen LogP contribution in [0.5, 0.6) is 0 Å². The second kappa shape index (κ2) is 8.98. The van der Waals surface area contributed by atoms with Gasteiger partial charge in [0.2, 0.25) is 5.95 Å². The van der Waals surface area contributed by atoms with E-state index in [4.69, 9.17) is 12.2 Å². The van der Waals surface area contributed by atoms with E-state index in [-0.39, 0.29) is 22.3 Å². The number of benzene rings is 1. The van der Waals surface area contributed by atoms with Crippen molar-refractivity contribution in [3.63, 3.8) is 0 Å². The molecule has 0 atom stereocenters. The van der Waals surface area contributed by atoms with E-state index in [0.29, 0.717) is 19.6 Å². The molecule has 1 aromatic carbocycles. The fourth-order valence-electron chi connectivity index (χ4n) is 4.55. The van der Waals surface area contributed by atoms with Crippen LogP contribution in [0.25, 0.3) is 0 Å². The number of thiocarbonyl (C=S) groups is 1. The highest BCUT2D eigenvalue weighted by atomic mass is 32.1. The molecule has 0 spiro atoms. The van der Waals surface area contributed by atoms with Crippen LogP contribution in [0.3, 0.4) is 0 Å². The Hall–Kier alpha value is -2.42. The first-order valence-electron chi connectivity index (χ1n) is 10.7. The molecule has 2 aromatic rings. The largest absolute Gasteiger partial charge is 0.433 e. The van der Waals surface area contributed by atoms with Crippen molar-refractivity contribution in [1.82, 2.24) is 15.3 Å². The highest BCUT2D eigenvalue weighted by Gasteiger charge is 2.36. The van der Waals surface area contributed by atoms with Gasteiger partial charge < -0.3 is 15.5 Å². The molecule has 9 heteroatoms. The Labute approximate surface area is 185 Å². The van der Waals surface area contributed by atoms with E-state index in [9.17, 15) is 13.2 Å². The lowest BCUT2D eigenvalue weighted by atomic mass is 9.79. The summed E-state index contributed by atoms with van der Waals surface area (Å²) in [6.07, 6.45) is 1.71. The third kappa shape index (κ3) is 5.08. The quantitative estimate of drug-likeness (QED) is 0.634. The summed E-state index contributed by atoms with van der Waals surface area (Å²) in [7, 11) is 0. The molecule has 0 radical (unpaired) electrons. The van der Waals surface area contributed by atoms with Crippen LogP contribution in [0.4, 0.5) is 24.9 Å². The summed E-state index contributed by atoms with van der Waals surface area (Å²) in [5.74, 6) is 0.149. The first kappa shape index (κ1) is 21.8. The minimum absolute atomic E-state index is 0.0254. The van der Waals surface area contributed by atoms with E-state index in [1.807, 2.05) is 23.1 Å². The van der Waals surface area contributed by atoms with Crippen molar-refractivity contribution in [2.75, 3.05) is 29.9 Å². The monoisotopic (exact) mass is 449 g/mol. The SMILES string of the molecule is FC(F)(F)c1cc(N2CCCC2)nc(NC(=S)NCC2(c3ccccc3)CCCC2)n1. The van der Waals surface area contributed by atoms with Gasteiger partial charge in [-0.25, -0.2) is 4.98 Å². The molecule has 1 aromatic heterocycles. The summed E-state index contributed by atoms with van der Waals surface area (Å²) < 4.78 is 40.1. The number of hydrogen-bond donors (Lipinski definition) is 2. The molecule has 1 saturated heterocycles. The minimum Gasteiger partial charge on any atom is -0.361 e. The van der Waals surface area contributed by atoms with Gasteiger partial charge in [0.25, 0.3) is 0 Å². The fraction of sp³-hybridized carbons (Fsp3) is 0.500. The maximum Gasteiger partial charge on any atom is 0.433 e. The predicted molar refractivity (Wildman–Crippen MR) is 119 cm³/mol. The average molecular weight is 450 g/mol. The molecule has 5 nitrogen and oxygen atoms in total. The second-order valence-corrected chi connectivity index (χ2v) is 8.70. The number of rotatable bonds is 5. The van der Waals surface area contributed by atoms with Crippen molar-refractivity contribution in [3.05, 3.63) is 47.7 Å². The summed E-state index contributed by atoms with van der Waals surface area (Å²) in [6.45, 7) is 1.99. The highest BCUT2D eigenvalue weighted by molar-refractivity contribution is 7.80. The van der Waals surface area contributed by atoms with Gasteiger partial charge >= 0.3 is 6.18 Å². The zero-order chi connectivity index (χ0) is 21.9. The van der Waals surface area contributed by atoms with Crippen molar-refractivity contribution < 1.29 is 13.2 Å². The van der Waals surface area contributed by atoms with Gasteiger partial charge in [-0.2, -0.15) is 18.2 Å². The maximum atomic E-state index is 13.4. The lowest BCUT2D eigenvalue weighted by Gasteiger charge is -2.30. The van der Waals surface area contributed by atoms with Gasteiger partial charge in [0.15, 0.2) is 10.8 Å². The Kier molecular flexibility index (Phi) is 6.31. The van der Waals surface area contributed by atoms with Crippen LogP contribution >= 0.6 is 12.2 Å². The fourth-order valence-corrected chi connectivity index (χ4v) is 4.71. The van der Waals surface area contributed by atoms with Gasteiger partial charge in [0.05, 0.1) is 0 Å². The van der Waals surface area contributed by atoms with Gasteiger partial charge in [0, 0.05) is 31.1 Å². The maximum absolute atomic E-state index is 13.4. The molecule has 1 aliphatic carbocycles. The molecule has 1 aliphatic heterocycles. The lowest BCUT2D eigenvalue weighted by molar-refractivity contribution is -0.141. The Morgan fingerprint density at radius 3 is 2.35 bits per heavy atom. The number of anilines is 2. The smallest absolute Gasteiger partial charge is 0.361 e. The highest BCUT2D eigenvalue weighted by Crippen LogP contribution is 2.40. The van der Waals surface area contributed by atoms with Crippen molar-refractivity contribution in [3.8, 4) is 0 Å². The summed E-state index contributed by atoms with van der Waals surface area (Å²) in [5.41, 5.74) is 0.267. The van der Waals surface area contributed by atoms with Crippen LogP contribution in [0, 0.1) is 0 Å². The first-order valence-corrected chi connectivity index (χ1v) is 11.1. The van der Waals surface area contributed by atoms with E-state index in [2.05, 4.69) is 32.7 Å². The Balaban J connectivity index is 1.48. The molecule has 166 valence electrons. The molecule has 1 saturated carbocycles. The normalized spacial score (nSPS) is 18.2. The van der Waals surface area contributed by atoms with Gasteiger partial charge in [-0.05, 0) is 43.5 Å². The van der Waals surface area contributed by atoms with Crippen molar-refractivity contribution >= 4 is 29.1 Å². The molecule has 2 fully saturated rings. The van der Waals surface area contributed by atoms with E-state index < -0.39 is 11.9 Å². The zero-order valence-electron chi connectivity index (χ0n) is 17.2. The summed E-state index contributed by atoms with van der Waals surface area (Å²) >= 11 is 5.39. The van der Waals surface area contributed by atoms with E-state index in [1.54, 1.807) is 0 Å². The van der Waals surface area contributed by atoms with Gasteiger partial charge in [0.1, 0.15) is 5.82 Å². The summed E-state index contributed by atoms with van der Waals surface area (Å²) in [5, 5.41) is 6.22. The molecule has 0 unspecified atom stereocenters. The van der Waals surface area contributed by atoms with Crippen LogP contribution in [0.1, 0.15) is 49.8 Å². The third-order valence-electron chi connectivity index (χ3n) is 6.19. The topological polar surface area (TPSA) is 53.1 Å². The zero-order valence-corrected chi connectivity index (χ0v) is 18.0. The first-order chi connectivity index (χ1) is 14.9. The molecular weight excluding hydrogens is 423 g/mol. The van der Waals surface area contributed by atoms with Crippen LogP contribution < -0.4 is 15.5 Å². The minimum atomic E-state index is -4.55. The molecular formula is C22H26F3N5S.